The van der Waals surface area contributed by atoms with Crippen LogP contribution < -0.4 is 0 Å². The van der Waals surface area contributed by atoms with Crippen molar-refractivity contribution in [1.82, 2.24) is 0 Å². The second kappa shape index (κ2) is 4.72. The van der Waals surface area contributed by atoms with Crippen LogP contribution in [0.25, 0.3) is 0 Å². The third kappa shape index (κ3) is 2.14. The molecule has 0 spiro atoms. The number of fused-ring (bicyclic) bond motifs is 1. The van der Waals surface area contributed by atoms with Crippen LogP contribution in [0, 0.1) is 11.3 Å². The molecule has 1 aromatic rings. The van der Waals surface area contributed by atoms with E-state index in [1.165, 1.54) is 11.1 Å². The molecule has 1 heterocycles. The lowest BCUT2D eigenvalue weighted by atomic mass is 10.0. The number of benzene rings is 1. The van der Waals surface area contributed by atoms with Crippen molar-refractivity contribution in [3.8, 4) is 6.07 Å². The summed E-state index contributed by atoms with van der Waals surface area (Å²) in [6, 6.07) is 10.6. The van der Waals surface area contributed by atoms with Crippen LogP contribution >= 0.6 is 0 Å². The molecule has 0 unspecified atom stereocenters. The third-order valence-electron chi connectivity index (χ3n) is 3.77. The van der Waals surface area contributed by atoms with E-state index in [0.29, 0.717) is 12.8 Å². The zero-order valence-corrected chi connectivity index (χ0v) is 10.4. The number of hydrogen-bond donors (Lipinski definition) is 0. The van der Waals surface area contributed by atoms with E-state index < -0.39 is 5.60 Å². The fourth-order valence-corrected chi connectivity index (χ4v) is 2.82. The Bertz CT molecular complexity index is 447. The Morgan fingerprint density at radius 1 is 1.22 bits per heavy atom. The number of hydrogen-bond acceptors (Lipinski definition) is 3. The molecule has 1 aliphatic heterocycles. The Morgan fingerprint density at radius 2 is 1.94 bits per heavy atom. The van der Waals surface area contributed by atoms with Crippen molar-refractivity contribution in [3.63, 3.8) is 0 Å². The van der Waals surface area contributed by atoms with E-state index in [2.05, 4.69) is 18.2 Å². The van der Waals surface area contributed by atoms with Crippen molar-refractivity contribution in [2.45, 2.75) is 44.0 Å². The number of nitrogens with zero attached hydrogens (tertiary/aromatic N) is 1. The quantitative estimate of drug-likeness (QED) is 0.801. The maximum absolute atomic E-state index is 9.49. The molecule has 1 atom stereocenters. The van der Waals surface area contributed by atoms with Crippen LogP contribution in [0.3, 0.4) is 0 Å². The topological polar surface area (TPSA) is 42.2 Å². The van der Waals surface area contributed by atoms with Gasteiger partial charge in [0.25, 0.3) is 0 Å². The zero-order chi connectivity index (χ0) is 12.4. The maximum atomic E-state index is 9.49. The van der Waals surface area contributed by atoms with Crippen molar-refractivity contribution in [1.29, 1.82) is 5.26 Å². The Hall–Kier alpha value is -1.37. The molecule has 2 aliphatic rings. The van der Waals surface area contributed by atoms with E-state index in [-0.39, 0.29) is 6.29 Å². The molecule has 0 amide bonds. The average molecular weight is 243 g/mol. The molecule has 1 aliphatic carbocycles. The molecule has 0 radical (unpaired) electrons. The molecule has 0 N–H and O–H groups in total. The summed E-state index contributed by atoms with van der Waals surface area (Å²) in [6.45, 7) is 0.749. The minimum absolute atomic E-state index is 0.201. The summed E-state index contributed by atoms with van der Waals surface area (Å²) in [7, 11) is 0. The lowest BCUT2D eigenvalue weighted by Gasteiger charge is -2.30. The lowest BCUT2D eigenvalue weighted by molar-refractivity contribution is -0.206. The van der Waals surface area contributed by atoms with Gasteiger partial charge in [0, 0.05) is 19.4 Å². The highest BCUT2D eigenvalue weighted by Gasteiger charge is 2.41. The number of rotatable bonds is 2. The third-order valence-corrected chi connectivity index (χ3v) is 3.77. The van der Waals surface area contributed by atoms with E-state index >= 15 is 0 Å². The van der Waals surface area contributed by atoms with E-state index in [9.17, 15) is 5.26 Å². The summed E-state index contributed by atoms with van der Waals surface area (Å²) in [5.74, 6) is 0. The molecule has 0 aromatic heterocycles. The van der Waals surface area contributed by atoms with Crippen molar-refractivity contribution in [2.75, 3.05) is 6.61 Å². The summed E-state index contributed by atoms with van der Waals surface area (Å²) in [6.07, 6.45) is 4.28. The first kappa shape index (κ1) is 11.7. The summed E-state index contributed by atoms with van der Waals surface area (Å²) in [5.41, 5.74) is 1.75. The molecule has 3 rings (SSSR count). The van der Waals surface area contributed by atoms with Gasteiger partial charge < -0.3 is 9.47 Å². The van der Waals surface area contributed by atoms with Crippen LogP contribution in [0.1, 0.15) is 30.4 Å². The molecule has 0 saturated carbocycles. The molecule has 94 valence electrons. The first-order chi connectivity index (χ1) is 8.81. The van der Waals surface area contributed by atoms with Gasteiger partial charge in [-0.2, -0.15) is 5.26 Å². The highest BCUT2D eigenvalue weighted by Crippen LogP contribution is 2.34. The first-order valence-corrected chi connectivity index (χ1v) is 6.59. The van der Waals surface area contributed by atoms with Crippen LogP contribution in [0.15, 0.2) is 24.3 Å². The average Bonchev–Trinajstić information content (AvgIpc) is 2.78. The van der Waals surface area contributed by atoms with Gasteiger partial charge >= 0.3 is 0 Å². The smallest absolute Gasteiger partial charge is 0.165 e. The van der Waals surface area contributed by atoms with Crippen molar-refractivity contribution < 1.29 is 9.47 Å². The van der Waals surface area contributed by atoms with Crippen LogP contribution in [-0.4, -0.2) is 18.5 Å². The van der Waals surface area contributed by atoms with Gasteiger partial charge in [-0.3, -0.25) is 0 Å². The van der Waals surface area contributed by atoms with Crippen LogP contribution in [-0.2, 0) is 22.3 Å². The first-order valence-electron chi connectivity index (χ1n) is 6.59. The summed E-state index contributed by atoms with van der Waals surface area (Å²) in [5, 5.41) is 9.49. The molecule has 3 nitrogen and oxygen atoms in total. The highest BCUT2D eigenvalue weighted by molar-refractivity contribution is 5.38. The predicted molar refractivity (Wildman–Crippen MR) is 66.9 cm³/mol. The number of ether oxygens (including phenoxy) is 2. The Balaban J connectivity index is 1.75. The number of nitriles is 1. The second-order valence-corrected chi connectivity index (χ2v) is 5.14. The normalized spacial score (nSPS) is 25.4. The molecule has 1 saturated heterocycles. The maximum Gasteiger partial charge on any atom is 0.165 e. The molecule has 1 fully saturated rings. The van der Waals surface area contributed by atoms with Gasteiger partial charge in [0.05, 0.1) is 6.07 Å². The van der Waals surface area contributed by atoms with Crippen molar-refractivity contribution in [3.05, 3.63) is 35.4 Å². The van der Waals surface area contributed by atoms with Crippen molar-refractivity contribution >= 4 is 0 Å². The Kier molecular flexibility index (Phi) is 3.07. The van der Waals surface area contributed by atoms with Gasteiger partial charge in [0.15, 0.2) is 11.9 Å². The van der Waals surface area contributed by atoms with Gasteiger partial charge in [-0.1, -0.05) is 24.3 Å². The predicted octanol–water partition coefficient (Wildman–Crippen LogP) is 2.59. The molecule has 0 bridgehead atoms. The minimum atomic E-state index is -0.717. The molecule has 1 aromatic carbocycles. The lowest BCUT2D eigenvalue weighted by Crippen LogP contribution is -2.38. The standard InChI is InChI=1S/C15H17NO2/c16-11-15(18-14-7-3-4-8-17-14)9-12-5-1-2-6-13(12)10-15/h1-2,5-6,14H,3-4,7-10H2/t14-/m0/s1. The van der Waals surface area contributed by atoms with Crippen LogP contribution in [0.2, 0.25) is 0 Å². The fourth-order valence-electron chi connectivity index (χ4n) is 2.82. The largest absolute Gasteiger partial charge is 0.353 e. The highest BCUT2D eigenvalue weighted by atomic mass is 16.7. The minimum Gasteiger partial charge on any atom is -0.353 e. The van der Waals surface area contributed by atoms with E-state index in [1.807, 2.05) is 12.1 Å². The van der Waals surface area contributed by atoms with Gasteiger partial charge in [-0.15, -0.1) is 0 Å². The summed E-state index contributed by atoms with van der Waals surface area (Å²) in [4.78, 5) is 0. The van der Waals surface area contributed by atoms with E-state index in [0.717, 1.165) is 25.9 Å². The van der Waals surface area contributed by atoms with Gasteiger partial charge in [-0.25, -0.2) is 0 Å². The molecular weight excluding hydrogens is 226 g/mol. The SMILES string of the molecule is N#CC1(O[C@H]2CCCCO2)Cc2ccccc2C1. The van der Waals surface area contributed by atoms with Gasteiger partial charge in [0.1, 0.15) is 0 Å². The van der Waals surface area contributed by atoms with Crippen LogP contribution in [0.4, 0.5) is 0 Å². The van der Waals surface area contributed by atoms with E-state index in [4.69, 9.17) is 9.47 Å². The van der Waals surface area contributed by atoms with Crippen molar-refractivity contribution in [2.24, 2.45) is 0 Å². The monoisotopic (exact) mass is 243 g/mol. The van der Waals surface area contributed by atoms with Gasteiger partial charge in [-0.05, 0) is 30.4 Å². The summed E-state index contributed by atoms with van der Waals surface area (Å²) >= 11 is 0. The van der Waals surface area contributed by atoms with E-state index in [1.54, 1.807) is 0 Å². The Labute approximate surface area is 107 Å². The fraction of sp³-hybridized carbons (Fsp3) is 0.533. The Morgan fingerprint density at radius 3 is 2.50 bits per heavy atom. The molecule has 3 heteroatoms. The van der Waals surface area contributed by atoms with Crippen LogP contribution in [0.5, 0.6) is 0 Å². The van der Waals surface area contributed by atoms with Gasteiger partial charge in [0.2, 0.25) is 0 Å². The molecule has 18 heavy (non-hydrogen) atoms. The molecular formula is C15H17NO2. The zero-order valence-electron chi connectivity index (χ0n) is 10.4. The summed E-state index contributed by atoms with van der Waals surface area (Å²) < 4.78 is 11.6. The second-order valence-electron chi connectivity index (χ2n) is 5.14.